The number of hydrogen-bond donors (Lipinski definition) is 1. The van der Waals surface area contributed by atoms with E-state index in [0.717, 1.165) is 0 Å². The molecule has 1 aliphatic heterocycles. The number of methoxy groups -OCH3 is 1. The van der Waals surface area contributed by atoms with E-state index in [1.54, 1.807) is 11.1 Å². The summed E-state index contributed by atoms with van der Waals surface area (Å²) in [6.07, 6.45) is 3.60. The van der Waals surface area contributed by atoms with Crippen LogP contribution in [0.2, 0.25) is 0 Å². The minimum atomic E-state index is 0.0820. The zero-order valence-corrected chi connectivity index (χ0v) is 9.85. The van der Waals surface area contributed by atoms with Gasteiger partial charge in [-0.2, -0.15) is 12.6 Å². The van der Waals surface area contributed by atoms with Crippen molar-refractivity contribution in [1.29, 1.82) is 0 Å². The van der Waals surface area contributed by atoms with Crippen LogP contribution < -0.4 is 9.64 Å². The first-order chi connectivity index (χ1) is 7.74. The van der Waals surface area contributed by atoms with Gasteiger partial charge in [0.2, 0.25) is 11.8 Å². The molecule has 1 unspecified atom stereocenters. The molecule has 86 valence electrons. The molecule has 6 heteroatoms. The highest BCUT2D eigenvalue weighted by atomic mass is 32.1. The first-order valence-electron chi connectivity index (χ1n) is 5.02. The molecule has 5 nitrogen and oxygen atoms in total. The lowest BCUT2D eigenvalue weighted by Crippen LogP contribution is -2.25. The van der Waals surface area contributed by atoms with Crippen LogP contribution in [0.3, 0.4) is 0 Å². The Morgan fingerprint density at radius 2 is 2.38 bits per heavy atom. The number of amides is 1. The van der Waals surface area contributed by atoms with E-state index in [4.69, 9.17) is 4.74 Å². The summed E-state index contributed by atoms with van der Waals surface area (Å²) in [5.41, 5.74) is 0. The molecule has 0 aromatic carbocycles. The minimum Gasteiger partial charge on any atom is -0.480 e. The molecule has 1 aromatic rings. The van der Waals surface area contributed by atoms with Crippen LogP contribution in [0.1, 0.15) is 6.42 Å². The van der Waals surface area contributed by atoms with Crippen molar-refractivity contribution in [3.05, 3.63) is 12.4 Å². The van der Waals surface area contributed by atoms with Crippen molar-refractivity contribution < 1.29 is 9.53 Å². The number of nitrogens with zero attached hydrogens (tertiary/aromatic N) is 3. The molecule has 2 heterocycles. The van der Waals surface area contributed by atoms with Gasteiger partial charge in [0.05, 0.1) is 19.5 Å². The molecule has 16 heavy (non-hydrogen) atoms. The smallest absolute Gasteiger partial charge is 0.232 e. The predicted octanol–water partition coefficient (Wildman–Crippen LogP) is 0.768. The third kappa shape index (κ3) is 2.11. The first-order valence-corrected chi connectivity index (χ1v) is 5.65. The summed E-state index contributed by atoms with van der Waals surface area (Å²) in [5, 5.41) is 0. The Bertz CT molecular complexity index is 382. The maximum Gasteiger partial charge on any atom is 0.232 e. The van der Waals surface area contributed by atoms with Crippen LogP contribution in [0, 0.1) is 5.92 Å². The fraction of sp³-hybridized carbons (Fsp3) is 0.500. The highest BCUT2D eigenvalue weighted by Crippen LogP contribution is 2.23. The van der Waals surface area contributed by atoms with Crippen LogP contribution in [0.25, 0.3) is 0 Å². The summed E-state index contributed by atoms with van der Waals surface area (Å²) in [6.45, 7) is 0.670. The molecule has 0 radical (unpaired) electrons. The Balaban J connectivity index is 2.15. The second-order valence-corrected chi connectivity index (χ2v) is 4.04. The second-order valence-electron chi connectivity index (χ2n) is 3.67. The molecule has 2 rings (SSSR count). The van der Waals surface area contributed by atoms with Crippen LogP contribution >= 0.6 is 12.6 Å². The van der Waals surface area contributed by atoms with E-state index in [2.05, 4.69) is 22.6 Å². The number of carbonyl (C=O) groups is 1. The maximum absolute atomic E-state index is 11.7. The van der Waals surface area contributed by atoms with Crippen molar-refractivity contribution in [1.82, 2.24) is 9.97 Å². The van der Waals surface area contributed by atoms with Crippen LogP contribution in [0.4, 0.5) is 5.82 Å². The number of rotatable bonds is 3. The lowest BCUT2D eigenvalue weighted by atomic mass is 10.1. The Hall–Kier alpha value is -1.30. The van der Waals surface area contributed by atoms with Crippen molar-refractivity contribution in [3.8, 4) is 5.88 Å². The largest absolute Gasteiger partial charge is 0.480 e. The normalized spacial score (nSPS) is 20.2. The van der Waals surface area contributed by atoms with E-state index in [1.807, 2.05) is 0 Å². The summed E-state index contributed by atoms with van der Waals surface area (Å²) in [7, 11) is 1.53. The van der Waals surface area contributed by atoms with Crippen molar-refractivity contribution in [2.75, 3.05) is 24.3 Å². The number of anilines is 1. The zero-order chi connectivity index (χ0) is 11.5. The van der Waals surface area contributed by atoms with E-state index in [9.17, 15) is 4.79 Å². The molecule has 0 bridgehead atoms. The van der Waals surface area contributed by atoms with Gasteiger partial charge in [0.25, 0.3) is 0 Å². The number of thiol groups is 1. The second kappa shape index (κ2) is 4.69. The maximum atomic E-state index is 11.7. The molecular formula is C10H13N3O2S. The first kappa shape index (κ1) is 11.2. The molecule has 0 aliphatic carbocycles. The molecule has 1 aromatic heterocycles. The van der Waals surface area contributed by atoms with Gasteiger partial charge in [0.1, 0.15) is 0 Å². The van der Waals surface area contributed by atoms with Gasteiger partial charge in [-0.3, -0.25) is 9.69 Å². The summed E-state index contributed by atoms with van der Waals surface area (Å²) in [5.74, 6) is 2.13. The molecule has 0 N–H and O–H groups in total. The van der Waals surface area contributed by atoms with Crippen molar-refractivity contribution >= 4 is 24.4 Å². The van der Waals surface area contributed by atoms with Gasteiger partial charge in [-0.05, 0) is 11.7 Å². The lowest BCUT2D eigenvalue weighted by Gasteiger charge is -2.14. The summed E-state index contributed by atoms with van der Waals surface area (Å²) >= 11 is 4.21. The molecule has 1 aliphatic rings. The number of carbonyl (C=O) groups excluding carboxylic acids is 1. The van der Waals surface area contributed by atoms with Gasteiger partial charge in [0, 0.05) is 13.0 Å². The summed E-state index contributed by atoms with van der Waals surface area (Å²) in [4.78, 5) is 21.5. The molecule has 0 spiro atoms. The van der Waals surface area contributed by atoms with Crippen molar-refractivity contribution in [2.45, 2.75) is 6.42 Å². The Labute approximate surface area is 99.2 Å². The van der Waals surface area contributed by atoms with Gasteiger partial charge in [-0.1, -0.05) is 0 Å². The number of aromatic nitrogens is 2. The highest BCUT2D eigenvalue weighted by Gasteiger charge is 2.30. The van der Waals surface area contributed by atoms with Gasteiger partial charge < -0.3 is 4.74 Å². The minimum absolute atomic E-state index is 0.0820. The lowest BCUT2D eigenvalue weighted by molar-refractivity contribution is -0.117. The SMILES string of the molecule is COc1cnc(N2CC(CS)CC2=O)cn1. The summed E-state index contributed by atoms with van der Waals surface area (Å²) < 4.78 is 4.91. The highest BCUT2D eigenvalue weighted by molar-refractivity contribution is 7.80. The van der Waals surface area contributed by atoms with E-state index in [1.165, 1.54) is 13.3 Å². The van der Waals surface area contributed by atoms with Crippen molar-refractivity contribution in [2.24, 2.45) is 5.92 Å². The fourth-order valence-electron chi connectivity index (χ4n) is 1.68. The molecule has 1 amide bonds. The molecular weight excluding hydrogens is 226 g/mol. The van der Waals surface area contributed by atoms with Crippen LogP contribution in [-0.4, -0.2) is 35.3 Å². The van der Waals surface area contributed by atoms with Crippen LogP contribution in [-0.2, 0) is 4.79 Å². The van der Waals surface area contributed by atoms with Gasteiger partial charge >= 0.3 is 0 Å². The van der Waals surface area contributed by atoms with Crippen LogP contribution in [0.5, 0.6) is 5.88 Å². The Kier molecular flexibility index (Phi) is 3.28. The Morgan fingerprint density at radius 3 is 2.88 bits per heavy atom. The topological polar surface area (TPSA) is 55.3 Å². The van der Waals surface area contributed by atoms with Crippen molar-refractivity contribution in [3.63, 3.8) is 0 Å². The van der Waals surface area contributed by atoms with E-state index < -0.39 is 0 Å². The predicted molar refractivity (Wildman–Crippen MR) is 62.9 cm³/mol. The average molecular weight is 239 g/mol. The monoisotopic (exact) mass is 239 g/mol. The summed E-state index contributed by atoms with van der Waals surface area (Å²) in [6, 6.07) is 0. The zero-order valence-electron chi connectivity index (χ0n) is 8.96. The molecule has 0 saturated carbocycles. The third-order valence-electron chi connectivity index (χ3n) is 2.56. The average Bonchev–Trinajstić information content (AvgIpc) is 2.71. The standard InChI is InChI=1S/C10H13N3O2S/c1-15-9-4-11-8(3-12-9)13-5-7(6-16)2-10(13)14/h3-4,7,16H,2,5-6H2,1H3. The number of hydrogen-bond acceptors (Lipinski definition) is 5. The van der Waals surface area contributed by atoms with E-state index in [0.29, 0.717) is 36.3 Å². The van der Waals surface area contributed by atoms with Crippen LogP contribution in [0.15, 0.2) is 12.4 Å². The molecule has 1 atom stereocenters. The molecule has 1 saturated heterocycles. The van der Waals surface area contributed by atoms with Gasteiger partial charge in [-0.25, -0.2) is 9.97 Å². The quantitative estimate of drug-likeness (QED) is 0.792. The van der Waals surface area contributed by atoms with Gasteiger partial charge in [0.15, 0.2) is 5.82 Å². The molecule has 1 fully saturated rings. The van der Waals surface area contributed by atoms with E-state index >= 15 is 0 Å². The third-order valence-corrected chi connectivity index (χ3v) is 3.08. The fourth-order valence-corrected chi connectivity index (χ4v) is 1.92. The number of ether oxygens (including phenoxy) is 1. The van der Waals surface area contributed by atoms with Gasteiger partial charge in [-0.15, -0.1) is 0 Å². The van der Waals surface area contributed by atoms with E-state index in [-0.39, 0.29) is 5.91 Å². The Morgan fingerprint density at radius 1 is 1.56 bits per heavy atom.